The van der Waals surface area contributed by atoms with Gasteiger partial charge in [-0.1, -0.05) is 20.8 Å². The third-order valence-electron chi connectivity index (χ3n) is 5.23. The molecule has 0 bridgehead atoms. The number of piperidine rings is 1. The molecule has 0 atom stereocenters. The Morgan fingerprint density at radius 3 is 2.38 bits per heavy atom. The van der Waals surface area contributed by atoms with Crippen LogP contribution in [0.25, 0.3) is 0 Å². The van der Waals surface area contributed by atoms with Gasteiger partial charge >= 0.3 is 0 Å². The summed E-state index contributed by atoms with van der Waals surface area (Å²) in [5.74, 6) is 0.845. The Bertz CT molecular complexity index is 339. The largest absolute Gasteiger partial charge is 0.396 e. The molecule has 0 spiro atoms. The highest BCUT2D eigenvalue weighted by Crippen LogP contribution is 2.34. The zero-order chi connectivity index (χ0) is 15.5. The molecule has 21 heavy (non-hydrogen) atoms. The maximum absolute atomic E-state index is 12.6. The van der Waals surface area contributed by atoms with E-state index in [2.05, 4.69) is 30.6 Å². The fraction of sp³-hybridized carbons (Fsp3) is 0.941. The molecule has 0 radical (unpaired) electrons. The van der Waals surface area contributed by atoms with Gasteiger partial charge in [-0.05, 0) is 56.5 Å². The van der Waals surface area contributed by atoms with Gasteiger partial charge in [0.1, 0.15) is 0 Å². The number of likely N-dealkylation sites (tertiary alicyclic amines) is 1. The van der Waals surface area contributed by atoms with Crippen molar-refractivity contribution in [3.05, 3.63) is 0 Å². The standard InChI is InChI=1S/C17H32N2O2/c1-4-17(13-20)7-9-18(10-8-17)12-16(21)19(11-14(2)3)15-5-6-15/h14-15,20H,4-13H2,1-3H3. The van der Waals surface area contributed by atoms with Crippen LogP contribution < -0.4 is 0 Å². The van der Waals surface area contributed by atoms with Crippen molar-refractivity contribution in [2.75, 3.05) is 32.8 Å². The average molecular weight is 296 g/mol. The van der Waals surface area contributed by atoms with E-state index < -0.39 is 0 Å². The zero-order valence-electron chi connectivity index (χ0n) is 14.0. The Labute approximate surface area is 129 Å². The number of aliphatic hydroxyl groups excluding tert-OH is 1. The summed E-state index contributed by atoms with van der Waals surface area (Å²) in [5.41, 5.74) is 0.105. The van der Waals surface area contributed by atoms with Gasteiger partial charge in [0.25, 0.3) is 0 Å². The van der Waals surface area contributed by atoms with Gasteiger partial charge in [0.2, 0.25) is 5.91 Å². The van der Waals surface area contributed by atoms with Crippen LogP contribution in [0, 0.1) is 11.3 Å². The first-order valence-electron chi connectivity index (χ1n) is 8.62. The van der Waals surface area contributed by atoms with E-state index in [1.54, 1.807) is 0 Å². The van der Waals surface area contributed by atoms with Crippen LogP contribution >= 0.6 is 0 Å². The molecule has 1 saturated carbocycles. The van der Waals surface area contributed by atoms with Crippen LogP contribution in [-0.4, -0.2) is 59.6 Å². The smallest absolute Gasteiger partial charge is 0.237 e. The van der Waals surface area contributed by atoms with Crippen molar-refractivity contribution in [2.24, 2.45) is 11.3 Å². The first kappa shape index (κ1) is 16.8. The molecule has 0 aromatic heterocycles. The monoisotopic (exact) mass is 296 g/mol. The van der Waals surface area contributed by atoms with E-state index in [1.165, 1.54) is 12.8 Å². The molecule has 1 N–H and O–H groups in total. The Morgan fingerprint density at radius 1 is 1.33 bits per heavy atom. The van der Waals surface area contributed by atoms with Crippen LogP contribution in [0.2, 0.25) is 0 Å². The van der Waals surface area contributed by atoms with Crippen LogP contribution in [0.5, 0.6) is 0 Å². The second kappa shape index (κ2) is 7.10. The normalized spacial score (nSPS) is 22.5. The van der Waals surface area contributed by atoms with Crippen LogP contribution in [0.1, 0.15) is 52.9 Å². The Hall–Kier alpha value is -0.610. The second-order valence-electron chi connectivity index (χ2n) is 7.46. The molecule has 0 aromatic rings. The molecule has 4 nitrogen and oxygen atoms in total. The summed E-state index contributed by atoms with van der Waals surface area (Å²) in [5, 5.41) is 9.58. The Balaban J connectivity index is 1.83. The number of nitrogens with zero attached hydrogens (tertiary/aromatic N) is 2. The van der Waals surface area contributed by atoms with Crippen molar-refractivity contribution in [1.82, 2.24) is 9.80 Å². The first-order valence-corrected chi connectivity index (χ1v) is 8.62. The topological polar surface area (TPSA) is 43.8 Å². The molecular weight excluding hydrogens is 264 g/mol. The van der Waals surface area contributed by atoms with Crippen molar-refractivity contribution in [3.63, 3.8) is 0 Å². The summed E-state index contributed by atoms with van der Waals surface area (Å²) in [6.07, 6.45) is 5.43. The highest BCUT2D eigenvalue weighted by molar-refractivity contribution is 5.79. The third kappa shape index (κ3) is 4.43. The molecule has 122 valence electrons. The minimum absolute atomic E-state index is 0.105. The average Bonchev–Trinajstić information content (AvgIpc) is 3.30. The fourth-order valence-corrected chi connectivity index (χ4v) is 3.33. The second-order valence-corrected chi connectivity index (χ2v) is 7.46. The van der Waals surface area contributed by atoms with Crippen LogP contribution in [0.3, 0.4) is 0 Å². The molecule has 2 rings (SSSR count). The van der Waals surface area contributed by atoms with Crippen LogP contribution in [-0.2, 0) is 4.79 Å². The maximum Gasteiger partial charge on any atom is 0.237 e. The van der Waals surface area contributed by atoms with E-state index in [0.29, 0.717) is 24.4 Å². The predicted molar refractivity (Wildman–Crippen MR) is 85.1 cm³/mol. The first-order chi connectivity index (χ1) is 9.99. The van der Waals surface area contributed by atoms with Gasteiger partial charge in [0.15, 0.2) is 0 Å². The summed E-state index contributed by atoms with van der Waals surface area (Å²) >= 11 is 0. The maximum atomic E-state index is 12.6. The van der Waals surface area contributed by atoms with E-state index in [4.69, 9.17) is 0 Å². The quantitative estimate of drug-likeness (QED) is 0.782. The zero-order valence-corrected chi connectivity index (χ0v) is 14.0. The van der Waals surface area contributed by atoms with E-state index in [1.807, 2.05) is 0 Å². The molecule has 4 heteroatoms. The van der Waals surface area contributed by atoms with E-state index in [-0.39, 0.29) is 12.0 Å². The molecule has 1 aliphatic carbocycles. The van der Waals surface area contributed by atoms with Crippen LogP contribution in [0.15, 0.2) is 0 Å². The number of hydrogen-bond acceptors (Lipinski definition) is 3. The minimum Gasteiger partial charge on any atom is -0.396 e. The lowest BCUT2D eigenvalue weighted by atomic mass is 9.77. The number of carbonyl (C=O) groups excluding carboxylic acids is 1. The number of carbonyl (C=O) groups is 1. The van der Waals surface area contributed by atoms with E-state index in [9.17, 15) is 9.90 Å². The number of amides is 1. The van der Waals surface area contributed by atoms with Crippen molar-refractivity contribution < 1.29 is 9.90 Å². The molecule has 1 saturated heterocycles. The number of aliphatic hydroxyl groups is 1. The number of rotatable bonds is 7. The van der Waals surface area contributed by atoms with Gasteiger partial charge in [-0.15, -0.1) is 0 Å². The molecule has 1 heterocycles. The lowest BCUT2D eigenvalue weighted by Crippen LogP contribution is -2.47. The van der Waals surface area contributed by atoms with E-state index >= 15 is 0 Å². The molecule has 1 aliphatic heterocycles. The summed E-state index contributed by atoms with van der Waals surface area (Å²) in [6.45, 7) is 10.2. The molecule has 1 amide bonds. The summed E-state index contributed by atoms with van der Waals surface area (Å²) in [4.78, 5) is 17.0. The number of hydrogen-bond donors (Lipinski definition) is 1. The fourth-order valence-electron chi connectivity index (χ4n) is 3.33. The van der Waals surface area contributed by atoms with Crippen LogP contribution in [0.4, 0.5) is 0 Å². The van der Waals surface area contributed by atoms with Gasteiger partial charge in [-0.2, -0.15) is 0 Å². The minimum atomic E-state index is 0.105. The van der Waals surface area contributed by atoms with Gasteiger partial charge in [-0.25, -0.2) is 0 Å². The molecular formula is C17H32N2O2. The van der Waals surface area contributed by atoms with Crippen molar-refractivity contribution in [2.45, 2.75) is 58.9 Å². The molecule has 2 aliphatic rings. The van der Waals surface area contributed by atoms with Crippen molar-refractivity contribution in [3.8, 4) is 0 Å². The highest BCUT2D eigenvalue weighted by Gasteiger charge is 2.36. The van der Waals surface area contributed by atoms with Gasteiger partial charge in [0.05, 0.1) is 6.54 Å². The molecule has 2 fully saturated rings. The van der Waals surface area contributed by atoms with Gasteiger partial charge in [0, 0.05) is 19.2 Å². The Kier molecular flexibility index (Phi) is 5.67. The summed E-state index contributed by atoms with van der Waals surface area (Å²) in [7, 11) is 0. The SMILES string of the molecule is CCC1(CO)CCN(CC(=O)N(CC(C)C)C2CC2)CC1. The highest BCUT2D eigenvalue weighted by atomic mass is 16.3. The van der Waals surface area contributed by atoms with Gasteiger partial charge < -0.3 is 10.0 Å². The Morgan fingerprint density at radius 2 is 1.95 bits per heavy atom. The predicted octanol–water partition coefficient (Wildman–Crippen LogP) is 2.12. The summed E-state index contributed by atoms with van der Waals surface area (Å²) in [6, 6.07) is 0.511. The molecule has 0 aromatic carbocycles. The van der Waals surface area contributed by atoms with E-state index in [0.717, 1.165) is 38.9 Å². The summed E-state index contributed by atoms with van der Waals surface area (Å²) < 4.78 is 0. The van der Waals surface area contributed by atoms with Crippen molar-refractivity contribution in [1.29, 1.82) is 0 Å². The van der Waals surface area contributed by atoms with Crippen molar-refractivity contribution >= 4 is 5.91 Å². The third-order valence-corrected chi connectivity index (χ3v) is 5.23. The lowest BCUT2D eigenvalue weighted by Gasteiger charge is -2.40. The lowest BCUT2D eigenvalue weighted by molar-refractivity contribution is -0.134. The molecule has 0 unspecified atom stereocenters. The van der Waals surface area contributed by atoms with Gasteiger partial charge in [-0.3, -0.25) is 9.69 Å².